The maximum absolute atomic E-state index is 13.6. The van der Waals surface area contributed by atoms with E-state index in [9.17, 15) is 13.6 Å². The van der Waals surface area contributed by atoms with Crippen LogP contribution in [0.5, 0.6) is 0 Å². The lowest BCUT2D eigenvalue weighted by atomic mass is 10.0. The van der Waals surface area contributed by atoms with Gasteiger partial charge in [-0.05, 0) is 12.5 Å². The monoisotopic (exact) mass is 284 g/mol. The van der Waals surface area contributed by atoms with Gasteiger partial charge < -0.3 is 14.4 Å². The smallest absolute Gasteiger partial charge is 0.257 e. The third kappa shape index (κ3) is 2.27. The summed E-state index contributed by atoms with van der Waals surface area (Å²) < 4.78 is 37.8. The van der Waals surface area contributed by atoms with Crippen molar-refractivity contribution in [3.8, 4) is 0 Å². The van der Waals surface area contributed by atoms with Gasteiger partial charge in [0.25, 0.3) is 5.91 Å². The quantitative estimate of drug-likeness (QED) is 0.730. The van der Waals surface area contributed by atoms with E-state index in [0.717, 1.165) is 6.20 Å². The molecule has 0 bridgehead atoms. The largest absolute Gasteiger partial charge is 0.346 e. The molecule has 1 spiro atoms. The Kier molecular flexibility index (Phi) is 3.39. The molecular weight excluding hydrogens is 270 g/mol. The number of ether oxygens (including phenoxy) is 2. The number of amides is 1. The fourth-order valence-corrected chi connectivity index (χ4v) is 2.65. The Morgan fingerprint density at radius 2 is 2.10 bits per heavy atom. The van der Waals surface area contributed by atoms with Gasteiger partial charge in [-0.15, -0.1) is 0 Å². The molecule has 3 rings (SSSR count). The van der Waals surface area contributed by atoms with E-state index in [2.05, 4.69) is 4.98 Å². The average Bonchev–Trinajstić information content (AvgIpc) is 2.89. The van der Waals surface area contributed by atoms with E-state index in [1.54, 1.807) is 0 Å². The summed E-state index contributed by atoms with van der Waals surface area (Å²) in [5.74, 6) is -3.83. The molecule has 0 atom stereocenters. The van der Waals surface area contributed by atoms with Crippen molar-refractivity contribution in [2.24, 2.45) is 0 Å². The van der Waals surface area contributed by atoms with Gasteiger partial charge in [0.15, 0.2) is 11.6 Å². The van der Waals surface area contributed by atoms with Gasteiger partial charge >= 0.3 is 0 Å². The molecule has 0 aliphatic carbocycles. The molecule has 2 aliphatic heterocycles. The molecule has 0 saturated carbocycles. The Morgan fingerprint density at radius 1 is 1.35 bits per heavy atom. The number of hydrogen-bond donors (Lipinski definition) is 0. The number of halogens is 2. The van der Waals surface area contributed by atoms with Crippen molar-refractivity contribution in [1.82, 2.24) is 9.88 Å². The van der Waals surface area contributed by atoms with E-state index >= 15 is 0 Å². The van der Waals surface area contributed by atoms with Crippen molar-refractivity contribution in [3.05, 3.63) is 29.6 Å². The number of carbonyl (C=O) groups excluding carboxylic acids is 1. The van der Waals surface area contributed by atoms with Gasteiger partial charge in [0, 0.05) is 19.2 Å². The third-order valence-corrected chi connectivity index (χ3v) is 3.60. The Bertz CT molecular complexity index is 532. The van der Waals surface area contributed by atoms with Crippen LogP contribution in [0.1, 0.15) is 23.2 Å². The van der Waals surface area contributed by atoms with Crippen molar-refractivity contribution in [2.45, 2.75) is 18.6 Å². The maximum Gasteiger partial charge on any atom is 0.257 e. The van der Waals surface area contributed by atoms with Crippen molar-refractivity contribution in [1.29, 1.82) is 0 Å². The predicted octanol–water partition coefficient (Wildman–Crippen LogP) is 1.34. The first-order chi connectivity index (χ1) is 9.61. The van der Waals surface area contributed by atoms with E-state index < -0.39 is 23.5 Å². The number of hydrogen-bond acceptors (Lipinski definition) is 4. The first-order valence-corrected chi connectivity index (χ1v) is 6.48. The SMILES string of the molecule is O=C(c1ccnc(F)c1F)N1CCCC2(C1)OCCO2. The Labute approximate surface area is 114 Å². The lowest BCUT2D eigenvalue weighted by Crippen LogP contribution is -2.51. The molecule has 0 aromatic carbocycles. The summed E-state index contributed by atoms with van der Waals surface area (Å²) in [5.41, 5.74) is -0.312. The van der Waals surface area contributed by atoms with Crippen LogP contribution in [-0.4, -0.2) is 47.9 Å². The number of rotatable bonds is 1. The summed E-state index contributed by atoms with van der Waals surface area (Å²) in [6, 6.07) is 1.18. The molecule has 5 nitrogen and oxygen atoms in total. The van der Waals surface area contributed by atoms with E-state index in [-0.39, 0.29) is 12.1 Å². The summed E-state index contributed by atoms with van der Waals surface area (Å²) in [5, 5.41) is 0. The number of carbonyl (C=O) groups is 1. The van der Waals surface area contributed by atoms with Gasteiger partial charge in [0.05, 0.1) is 25.3 Å². The van der Waals surface area contributed by atoms with Crippen LogP contribution >= 0.6 is 0 Å². The second-order valence-corrected chi connectivity index (χ2v) is 4.90. The molecule has 0 unspecified atom stereocenters. The number of nitrogens with zero attached hydrogens (tertiary/aromatic N) is 2. The van der Waals surface area contributed by atoms with Crippen LogP contribution in [0.4, 0.5) is 8.78 Å². The molecule has 2 fully saturated rings. The Morgan fingerprint density at radius 3 is 2.85 bits per heavy atom. The molecular formula is C13H14F2N2O3. The van der Waals surface area contributed by atoms with Gasteiger partial charge in [0.2, 0.25) is 5.95 Å². The fraction of sp³-hybridized carbons (Fsp3) is 0.538. The second-order valence-electron chi connectivity index (χ2n) is 4.90. The third-order valence-electron chi connectivity index (χ3n) is 3.60. The Balaban J connectivity index is 1.81. The molecule has 20 heavy (non-hydrogen) atoms. The van der Waals surface area contributed by atoms with E-state index in [4.69, 9.17) is 9.47 Å². The van der Waals surface area contributed by atoms with Crippen molar-refractivity contribution >= 4 is 5.91 Å². The molecule has 2 aliphatic rings. The topological polar surface area (TPSA) is 51.7 Å². The number of pyridine rings is 1. The summed E-state index contributed by atoms with van der Waals surface area (Å²) >= 11 is 0. The van der Waals surface area contributed by atoms with Crippen LogP contribution in [0.25, 0.3) is 0 Å². The molecule has 1 amide bonds. The molecule has 7 heteroatoms. The van der Waals surface area contributed by atoms with Gasteiger partial charge in [0.1, 0.15) is 0 Å². The predicted molar refractivity (Wildman–Crippen MR) is 63.9 cm³/mol. The molecule has 0 radical (unpaired) electrons. The van der Waals surface area contributed by atoms with Crippen LogP contribution < -0.4 is 0 Å². The zero-order chi connectivity index (χ0) is 14.2. The van der Waals surface area contributed by atoms with Gasteiger partial charge in [-0.25, -0.2) is 9.37 Å². The first kappa shape index (κ1) is 13.4. The number of likely N-dealkylation sites (tertiary alicyclic amines) is 1. The highest BCUT2D eigenvalue weighted by Gasteiger charge is 2.42. The molecule has 1 aromatic rings. The molecule has 108 valence electrons. The molecule has 0 N–H and O–H groups in total. The second kappa shape index (κ2) is 5.06. The molecule has 3 heterocycles. The summed E-state index contributed by atoms with van der Waals surface area (Å²) in [6.45, 7) is 1.67. The summed E-state index contributed by atoms with van der Waals surface area (Å²) in [4.78, 5) is 16.9. The van der Waals surface area contributed by atoms with Gasteiger partial charge in [-0.1, -0.05) is 0 Å². The van der Waals surface area contributed by atoms with Gasteiger partial charge in [-0.2, -0.15) is 4.39 Å². The lowest BCUT2D eigenvalue weighted by molar-refractivity contribution is -0.183. The fourth-order valence-electron chi connectivity index (χ4n) is 2.65. The highest BCUT2D eigenvalue weighted by Crippen LogP contribution is 2.30. The molecule has 1 aromatic heterocycles. The number of aromatic nitrogens is 1. The zero-order valence-corrected chi connectivity index (χ0v) is 10.8. The normalized spacial score (nSPS) is 21.4. The van der Waals surface area contributed by atoms with Crippen LogP contribution in [0.15, 0.2) is 12.3 Å². The minimum absolute atomic E-state index is 0.231. The number of piperidine rings is 1. The van der Waals surface area contributed by atoms with E-state index in [1.165, 1.54) is 11.0 Å². The first-order valence-electron chi connectivity index (χ1n) is 6.48. The summed E-state index contributed by atoms with van der Waals surface area (Å²) in [6.07, 6.45) is 2.47. The van der Waals surface area contributed by atoms with E-state index in [0.29, 0.717) is 32.6 Å². The van der Waals surface area contributed by atoms with Crippen molar-refractivity contribution < 1.29 is 23.0 Å². The van der Waals surface area contributed by atoms with Crippen LogP contribution in [0, 0.1) is 11.8 Å². The van der Waals surface area contributed by atoms with E-state index in [1.807, 2.05) is 0 Å². The average molecular weight is 284 g/mol. The standard InChI is InChI=1S/C13H14F2N2O3/c14-10-9(2-4-16-11(10)15)12(18)17-5-1-3-13(8-17)19-6-7-20-13/h2,4H,1,3,5-8H2. The zero-order valence-electron chi connectivity index (χ0n) is 10.8. The minimum atomic E-state index is -1.27. The van der Waals surface area contributed by atoms with Gasteiger partial charge in [-0.3, -0.25) is 4.79 Å². The maximum atomic E-state index is 13.6. The summed E-state index contributed by atoms with van der Waals surface area (Å²) in [7, 11) is 0. The molecule has 2 saturated heterocycles. The van der Waals surface area contributed by atoms with Crippen LogP contribution in [0.2, 0.25) is 0 Å². The van der Waals surface area contributed by atoms with Crippen molar-refractivity contribution in [2.75, 3.05) is 26.3 Å². The van der Waals surface area contributed by atoms with Crippen LogP contribution in [-0.2, 0) is 9.47 Å². The van der Waals surface area contributed by atoms with Crippen molar-refractivity contribution in [3.63, 3.8) is 0 Å². The Hall–Kier alpha value is -1.60. The highest BCUT2D eigenvalue weighted by atomic mass is 19.2. The van der Waals surface area contributed by atoms with Crippen LogP contribution in [0.3, 0.4) is 0 Å². The lowest BCUT2D eigenvalue weighted by Gasteiger charge is -2.38. The highest BCUT2D eigenvalue weighted by molar-refractivity contribution is 5.94. The minimum Gasteiger partial charge on any atom is -0.346 e.